The highest BCUT2D eigenvalue weighted by atomic mass is 16.5. The molecule has 0 bridgehead atoms. The molecule has 2 aromatic rings. The Morgan fingerprint density at radius 3 is 2.76 bits per heavy atom. The third-order valence-corrected chi connectivity index (χ3v) is 3.91. The highest BCUT2D eigenvalue weighted by molar-refractivity contribution is 6.00. The summed E-state index contributed by atoms with van der Waals surface area (Å²) in [6.07, 6.45) is 1.48. The Labute approximate surface area is 146 Å². The second-order valence-electron chi connectivity index (χ2n) is 6.42. The van der Waals surface area contributed by atoms with Crippen LogP contribution in [0.5, 0.6) is 11.6 Å². The molecule has 2 heterocycles. The molecule has 0 aliphatic carbocycles. The molecule has 1 atom stereocenters. The lowest BCUT2D eigenvalue weighted by atomic mass is 10.1. The fourth-order valence-electron chi connectivity index (χ4n) is 2.71. The fraction of sp³-hybridized carbons (Fsp3) is 0.316. The predicted octanol–water partition coefficient (Wildman–Crippen LogP) is 2.92. The number of nitriles is 1. The number of anilines is 1. The van der Waals surface area contributed by atoms with Crippen LogP contribution in [0.2, 0.25) is 0 Å². The summed E-state index contributed by atoms with van der Waals surface area (Å²) in [5.41, 5.74) is 0.0961. The number of benzene rings is 1. The zero-order chi connectivity index (χ0) is 18.0. The number of nitrogens with zero attached hydrogens (tertiary/aromatic N) is 3. The lowest BCUT2D eigenvalue weighted by Gasteiger charge is -2.37. The van der Waals surface area contributed by atoms with Gasteiger partial charge >= 0.3 is 0 Å². The Balaban J connectivity index is 1.84. The average molecular weight is 337 g/mol. The van der Waals surface area contributed by atoms with E-state index in [0.29, 0.717) is 29.4 Å². The molecule has 0 unspecified atom stereocenters. The van der Waals surface area contributed by atoms with Crippen molar-refractivity contribution in [3.63, 3.8) is 0 Å². The van der Waals surface area contributed by atoms with Gasteiger partial charge in [-0.05, 0) is 57.2 Å². The van der Waals surface area contributed by atoms with Crippen LogP contribution in [0, 0.1) is 11.3 Å². The molecule has 0 spiro atoms. The Morgan fingerprint density at radius 1 is 1.36 bits per heavy atom. The number of hydrogen-bond donors (Lipinski definition) is 0. The molecule has 0 N–H and O–H groups in total. The van der Waals surface area contributed by atoms with Gasteiger partial charge in [0.25, 0.3) is 5.91 Å². The van der Waals surface area contributed by atoms with Gasteiger partial charge in [-0.1, -0.05) is 0 Å². The van der Waals surface area contributed by atoms with Crippen LogP contribution in [0.3, 0.4) is 0 Å². The minimum Gasteiger partial charge on any atom is -0.478 e. The monoisotopic (exact) mass is 337 g/mol. The summed E-state index contributed by atoms with van der Waals surface area (Å²) < 4.78 is 11.6. The molecule has 25 heavy (non-hydrogen) atoms. The first-order valence-electron chi connectivity index (χ1n) is 8.03. The third-order valence-electron chi connectivity index (χ3n) is 3.91. The van der Waals surface area contributed by atoms with Crippen molar-refractivity contribution in [3.05, 3.63) is 48.2 Å². The molecule has 0 fully saturated rings. The quantitative estimate of drug-likeness (QED) is 0.861. The van der Waals surface area contributed by atoms with Crippen molar-refractivity contribution >= 4 is 11.6 Å². The minimum absolute atomic E-state index is 0.155. The van der Waals surface area contributed by atoms with E-state index in [1.165, 1.54) is 0 Å². The molecular formula is C19H19N3O3. The molecule has 3 rings (SSSR count). The molecule has 1 aliphatic heterocycles. The van der Waals surface area contributed by atoms with Gasteiger partial charge in [0.05, 0.1) is 18.2 Å². The number of ether oxygens (including phenoxy) is 2. The van der Waals surface area contributed by atoms with Crippen LogP contribution in [0.25, 0.3) is 0 Å². The SMILES string of the molecule is C[C@H]1CN(C(=O)C(C)(C)Oc2ccc(C#N)cc2)c2cccnc2O1. The van der Waals surface area contributed by atoms with Gasteiger partial charge in [0.2, 0.25) is 5.88 Å². The zero-order valence-corrected chi connectivity index (χ0v) is 14.4. The van der Waals surface area contributed by atoms with E-state index in [4.69, 9.17) is 14.7 Å². The highest BCUT2D eigenvalue weighted by Crippen LogP contribution is 2.33. The number of pyridine rings is 1. The molecule has 1 aromatic heterocycles. The predicted molar refractivity (Wildman–Crippen MR) is 92.5 cm³/mol. The number of carbonyl (C=O) groups is 1. The maximum Gasteiger partial charge on any atom is 0.270 e. The summed E-state index contributed by atoms with van der Waals surface area (Å²) in [5, 5.41) is 8.87. The Hall–Kier alpha value is -3.07. The van der Waals surface area contributed by atoms with E-state index in [1.807, 2.05) is 13.0 Å². The largest absolute Gasteiger partial charge is 0.478 e. The molecule has 1 amide bonds. The van der Waals surface area contributed by atoms with Crippen molar-refractivity contribution in [3.8, 4) is 17.7 Å². The maximum absolute atomic E-state index is 13.1. The topological polar surface area (TPSA) is 75.5 Å². The first-order valence-corrected chi connectivity index (χ1v) is 8.03. The zero-order valence-electron chi connectivity index (χ0n) is 14.4. The Morgan fingerprint density at radius 2 is 2.08 bits per heavy atom. The van der Waals surface area contributed by atoms with Crippen molar-refractivity contribution < 1.29 is 14.3 Å². The van der Waals surface area contributed by atoms with Gasteiger partial charge in [-0.3, -0.25) is 4.79 Å². The Kier molecular flexibility index (Phi) is 4.32. The lowest BCUT2D eigenvalue weighted by molar-refractivity contribution is -0.131. The molecule has 0 radical (unpaired) electrons. The molecule has 1 aromatic carbocycles. The lowest BCUT2D eigenvalue weighted by Crippen LogP contribution is -2.53. The minimum atomic E-state index is -1.08. The van der Waals surface area contributed by atoms with E-state index in [0.717, 1.165) is 0 Å². The normalized spacial score (nSPS) is 16.4. The molecule has 1 aliphatic rings. The van der Waals surface area contributed by atoms with Crippen molar-refractivity contribution in [1.29, 1.82) is 5.26 Å². The summed E-state index contributed by atoms with van der Waals surface area (Å²) in [4.78, 5) is 19.0. The van der Waals surface area contributed by atoms with Crippen LogP contribution in [0.4, 0.5) is 5.69 Å². The Bertz CT molecular complexity index is 825. The molecule has 6 nitrogen and oxygen atoms in total. The van der Waals surface area contributed by atoms with Crippen LogP contribution in [0.15, 0.2) is 42.6 Å². The van der Waals surface area contributed by atoms with Gasteiger partial charge in [0, 0.05) is 6.20 Å². The van der Waals surface area contributed by atoms with E-state index in [1.54, 1.807) is 55.3 Å². The molecule has 0 saturated heterocycles. The average Bonchev–Trinajstić information content (AvgIpc) is 2.60. The van der Waals surface area contributed by atoms with Gasteiger partial charge < -0.3 is 14.4 Å². The van der Waals surface area contributed by atoms with E-state index in [9.17, 15) is 4.79 Å². The van der Waals surface area contributed by atoms with Gasteiger partial charge in [-0.2, -0.15) is 5.26 Å². The molecule has 128 valence electrons. The summed E-state index contributed by atoms with van der Waals surface area (Å²) >= 11 is 0. The maximum atomic E-state index is 13.1. The van der Waals surface area contributed by atoms with Gasteiger partial charge in [-0.25, -0.2) is 4.98 Å². The van der Waals surface area contributed by atoms with Crippen LogP contribution < -0.4 is 14.4 Å². The first kappa shape index (κ1) is 16.8. The van der Waals surface area contributed by atoms with Crippen LogP contribution in [-0.4, -0.2) is 29.1 Å². The van der Waals surface area contributed by atoms with Crippen molar-refractivity contribution in [2.24, 2.45) is 0 Å². The van der Waals surface area contributed by atoms with Gasteiger partial charge in [0.1, 0.15) is 17.5 Å². The highest BCUT2D eigenvalue weighted by Gasteiger charge is 2.39. The summed E-state index contributed by atoms with van der Waals surface area (Å²) in [5.74, 6) is 0.801. The summed E-state index contributed by atoms with van der Waals surface area (Å²) in [6.45, 7) is 5.78. The number of hydrogen-bond acceptors (Lipinski definition) is 5. The smallest absolute Gasteiger partial charge is 0.270 e. The van der Waals surface area contributed by atoms with E-state index < -0.39 is 5.60 Å². The number of rotatable bonds is 3. The number of amides is 1. The van der Waals surface area contributed by atoms with E-state index in [-0.39, 0.29) is 12.0 Å². The van der Waals surface area contributed by atoms with Gasteiger partial charge in [-0.15, -0.1) is 0 Å². The summed E-state index contributed by atoms with van der Waals surface area (Å²) in [6, 6.07) is 12.3. The number of aromatic nitrogens is 1. The van der Waals surface area contributed by atoms with Gasteiger partial charge in [0.15, 0.2) is 5.60 Å². The van der Waals surface area contributed by atoms with E-state index >= 15 is 0 Å². The molecule has 0 saturated carbocycles. The first-order chi connectivity index (χ1) is 11.9. The number of carbonyl (C=O) groups excluding carboxylic acids is 1. The van der Waals surface area contributed by atoms with Crippen molar-refractivity contribution in [2.75, 3.05) is 11.4 Å². The summed E-state index contributed by atoms with van der Waals surface area (Å²) in [7, 11) is 0. The second kappa shape index (κ2) is 6.44. The van der Waals surface area contributed by atoms with Crippen molar-refractivity contribution in [1.82, 2.24) is 4.98 Å². The second-order valence-corrected chi connectivity index (χ2v) is 6.42. The van der Waals surface area contributed by atoms with Crippen LogP contribution >= 0.6 is 0 Å². The fourth-order valence-corrected chi connectivity index (χ4v) is 2.71. The van der Waals surface area contributed by atoms with E-state index in [2.05, 4.69) is 11.1 Å². The third kappa shape index (κ3) is 3.41. The van der Waals surface area contributed by atoms with Crippen molar-refractivity contribution in [2.45, 2.75) is 32.5 Å². The standard InChI is InChI=1S/C19H19N3O3/c1-13-12-22(16-5-4-10-21-17(16)24-13)18(23)19(2,3)25-15-8-6-14(11-20)7-9-15/h4-10,13H,12H2,1-3H3/t13-/m0/s1. The number of fused-ring (bicyclic) bond motifs is 1. The van der Waals surface area contributed by atoms with Crippen LogP contribution in [-0.2, 0) is 4.79 Å². The molecule has 6 heteroatoms. The molecular weight excluding hydrogens is 318 g/mol. The van der Waals surface area contributed by atoms with Crippen LogP contribution in [0.1, 0.15) is 26.3 Å².